The standard InChI is InChI=1S/C14H19N3OS/c1-16(11-13-4-2-9-19-13)7-3-8-17-10-12(15)5-6-14(17)18/h2,4-6,9-10H,3,7-8,11,15H2,1H3. The summed E-state index contributed by atoms with van der Waals surface area (Å²) >= 11 is 1.77. The maximum Gasteiger partial charge on any atom is 0.250 e. The van der Waals surface area contributed by atoms with Gasteiger partial charge in [0.25, 0.3) is 5.56 Å². The van der Waals surface area contributed by atoms with Crippen LogP contribution in [0.25, 0.3) is 0 Å². The molecule has 2 rings (SSSR count). The van der Waals surface area contributed by atoms with E-state index in [9.17, 15) is 4.79 Å². The van der Waals surface area contributed by atoms with Crippen molar-refractivity contribution < 1.29 is 0 Å². The van der Waals surface area contributed by atoms with Crippen molar-refractivity contribution in [1.82, 2.24) is 9.47 Å². The van der Waals surface area contributed by atoms with Gasteiger partial charge in [-0.15, -0.1) is 11.3 Å². The number of nitrogens with zero attached hydrogens (tertiary/aromatic N) is 2. The molecule has 0 aliphatic heterocycles. The summed E-state index contributed by atoms with van der Waals surface area (Å²) in [5.74, 6) is 0. The lowest BCUT2D eigenvalue weighted by Gasteiger charge is -2.15. The van der Waals surface area contributed by atoms with Crippen molar-refractivity contribution in [3.05, 3.63) is 51.1 Å². The Morgan fingerprint density at radius 1 is 1.37 bits per heavy atom. The van der Waals surface area contributed by atoms with Crippen LogP contribution < -0.4 is 11.3 Å². The molecule has 2 heterocycles. The second-order valence-corrected chi connectivity index (χ2v) is 5.70. The average molecular weight is 277 g/mol. The zero-order valence-electron chi connectivity index (χ0n) is 11.1. The number of aryl methyl sites for hydroxylation is 1. The van der Waals surface area contributed by atoms with Crippen molar-refractivity contribution in [1.29, 1.82) is 0 Å². The number of anilines is 1. The molecular weight excluding hydrogens is 258 g/mol. The van der Waals surface area contributed by atoms with Gasteiger partial charge >= 0.3 is 0 Å². The molecule has 0 amide bonds. The molecule has 0 saturated carbocycles. The van der Waals surface area contributed by atoms with Gasteiger partial charge in [-0.05, 0) is 37.5 Å². The zero-order chi connectivity index (χ0) is 13.7. The van der Waals surface area contributed by atoms with Gasteiger partial charge in [0.2, 0.25) is 0 Å². The largest absolute Gasteiger partial charge is 0.398 e. The fourth-order valence-electron chi connectivity index (χ4n) is 1.98. The maximum absolute atomic E-state index is 11.6. The first-order valence-corrected chi connectivity index (χ1v) is 7.20. The molecule has 0 fully saturated rings. The molecule has 2 aromatic heterocycles. The lowest BCUT2D eigenvalue weighted by atomic mass is 10.3. The van der Waals surface area contributed by atoms with Crippen molar-refractivity contribution in [2.75, 3.05) is 19.3 Å². The minimum absolute atomic E-state index is 0.00936. The van der Waals surface area contributed by atoms with Gasteiger partial charge in [0.1, 0.15) is 0 Å². The zero-order valence-corrected chi connectivity index (χ0v) is 11.9. The number of pyridine rings is 1. The van der Waals surface area contributed by atoms with Crippen LogP contribution >= 0.6 is 11.3 Å². The van der Waals surface area contributed by atoms with Gasteiger partial charge in [-0.1, -0.05) is 6.07 Å². The number of aromatic nitrogens is 1. The summed E-state index contributed by atoms with van der Waals surface area (Å²) < 4.78 is 1.67. The molecule has 4 nitrogen and oxygen atoms in total. The predicted octanol–water partition coefficient (Wildman–Crippen LogP) is 2.01. The summed E-state index contributed by atoms with van der Waals surface area (Å²) in [5.41, 5.74) is 6.32. The van der Waals surface area contributed by atoms with E-state index in [0.29, 0.717) is 12.2 Å². The number of hydrogen-bond acceptors (Lipinski definition) is 4. The van der Waals surface area contributed by atoms with Crippen LogP contribution in [0.4, 0.5) is 5.69 Å². The Hall–Kier alpha value is -1.59. The smallest absolute Gasteiger partial charge is 0.250 e. The Kier molecular flexibility index (Phi) is 4.76. The fraction of sp³-hybridized carbons (Fsp3) is 0.357. The summed E-state index contributed by atoms with van der Waals surface area (Å²) in [4.78, 5) is 15.2. The van der Waals surface area contributed by atoms with Gasteiger partial charge in [-0.2, -0.15) is 0 Å². The third kappa shape index (κ3) is 4.22. The molecule has 2 aromatic rings. The first kappa shape index (κ1) is 13.8. The second kappa shape index (κ2) is 6.54. The molecule has 0 atom stereocenters. The Morgan fingerprint density at radius 3 is 2.95 bits per heavy atom. The number of hydrogen-bond donors (Lipinski definition) is 1. The molecule has 2 N–H and O–H groups in total. The Bertz CT molecular complexity index is 562. The summed E-state index contributed by atoms with van der Waals surface area (Å²) in [6.45, 7) is 2.63. The van der Waals surface area contributed by atoms with Crippen LogP contribution in [0.3, 0.4) is 0 Å². The van der Waals surface area contributed by atoms with Crippen molar-refractivity contribution in [3.63, 3.8) is 0 Å². The van der Waals surface area contributed by atoms with E-state index in [0.717, 1.165) is 19.5 Å². The fourth-order valence-corrected chi connectivity index (χ4v) is 2.77. The lowest BCUT2D eigenvalue weighted by molar-refractivity contribution is 0.316. The predicted molar refractivity (Wildman–Crippen MR) is 80.4 cm³/mol. The summed E-state index contributed by atoms with van der Waals surface area (Å²) in [5, 5.41) is 2.09. The van der Waals surface area contributed by atoms with Gasteiger partial charge in [0.15, 0.2) is 0 Å². The van der Waals surface area contributed by atoms with Gasteiger partial charge in [-0.3, -0.25) is 4.79 Å². The number of thiophene rings is 1. The van der Waals surface area contributed by atoms with E-state index in [4.69, 9.17) is 5.73 Å². The molecule has 0 spiro atoms. The van der Waals surface area contributed by atoms with Gasteiger partial charge in [0, 0.05) is 35.9 Å². The van der Waals surface area contributed by atoms with Crippen LogP contribution in [0.2, 0.25) is 0 Å². The van der Waals surface area contributed by atoms with E-state index < -0.39 is 0 Å². The third-order valence-corrected chi connectivity index (χ3v) is 3.81. The molecule has 0 radical (unpaired) electrons. The van der Waals surface area contributed by atoms with Crippen molar-refractivity contribution >= 4 is 17.0 Å². The molecule has 0 aliphatic rings. The second-order valence-electron chi connectivity index (χ2n) is 4.66. The highest BCUT2D eigenvalue weighted by molar-refractivity contribution is 7.09. The summed E-state index contributed by atoms with van der Waals surface area (Å²) in [6, 6.07) is 7.37. The number of rotatable bonds is 6. The molecule has 0 bridgehead atoms. The summed E-state index contributed by atoms with van der Waals surface area (Å²) in [7, 11) is 2.10. The SMILES string of the molecule is CN(CCCn1cc(N)ccc1=O)Cc1cccs1. The van der Waals surface area contributed by atoms with E-state index in [1.54, 1.807) is 28.2 Å². The highest BCUT2D eigenvalue weighted by Gasteiger charge is 2.02. The Balaban J connectivity index is 1.80. The first-order chi connectivity index (χ1) is 9.15. The molecule has 0 saturated heterocycles. The maximum atomic E-state index is 11.6. The van der Waals surface area contributed by atoms with Gasteiger partial charge in [0.05, 0.1) is 0 Å². The third-order valence-electron chi connectivity index (χ3n) is 2.95. The molecular formula is C14H19N3OS. The normalized spacial score (nSPS) is 11.1. The van der Waals surface area contributed by atoms with Crippen molar-refractivity contribution in [2.24, 2.45) is 0 Å². The van der Waals surface area contributed by atoms with Crippen molar-refractivity contribution in [3.8, 4) is 0 Å². The molecule has 102 valence electrons. The quantitative estimate of drug-likeness (QED) is 0.879. The molecule has 0 unspecified atom stereocenters. The minimum Gasteiger partial charge on any atom is -0.398 e. The molecule has 0 aromatic carbocycles. The average Bonchev–Trinajstić information content (AvgIpc) is 2.86. The summed E-state index contributed by atoms with van der Waals surface area (Å²) in [6.07, 6.45) is 2.65. The van der Waals surface area contributed by atoms with E-state index in [-0.39, 0.29) is 5.56 Å². The van der Waals surface area contributed by atoms with E-state index in [1.165, 1.54) is 10.9 Å². The van der Waals surface area contributed by atoms with E-state index in [2.05, 4.69) is 29.5 Å². The number of nitrogen functional groups attached to an aromatic ring is 1. The van der Waals surface area contributed by atoms with Crippen LogP contribution in [0.1, 0.15) is 11.3 Å². The van der Waals surface area contributed by atoms with Crippen LogP contribution in [-0.2, 0) is 13.1 Å². The first-order valence-electron chi connectivity index (χ1n) is 6.32. The van der Waals surface area contributed by atoms with Gasteiger partial charge < -0.3 is 15.2 Å². The highest BCUT2D eigenvalue weighted by atomic mass is 32.1. The Morgan fingerprint density at radius 2 is 2.21 bits per heavy atom. The lowest BCUT2D eigenvalue weighted by Crippen LogP contribution is -2.23. The molecule has 19 heavy (non-hydrogen) atoms. The van der Waals surface area contributed by atoms with E-state index in [1.807, 2.05) is 0 Å². The van der Waals surface area contributed by atoms with Crippen LogP contribution in [0.5, 0.6) is 0 Å². The monoisotopic (exact) mass is 277 g/mol. The topological polar surface area (TPSA) is 51.3 Å². The highest BCUT2D eigenvalue weighted by Crippen LogP contribution is 2.10. The molecule has 0 aliphatic carbocycles. The van der Waals surface area contributed by atoms with Crippen LogP contribution in [0, 0.1) is 0 Å². The van der Waals surface area contributed by atoms with Gasteiger partial charge in [-0.25, -0.2) is 0 Å². The van der Waals surface area contributed by atoms with Crippen LogP contribution in [-0.4, -0.2) is 23.1 Å². The molecule has 5 heteroatoms. The Labute approximate surface area is 117 Å². The van der Waals surface area contributed by atoms with E-state index >= 15 is 0 Å². The number of nitrogens with two attached hydrogens (primary N) is 1. The van der Waals surface area contributed by atoms with Crippen LogP contribution in [0.15, 0.2) is 40.6 Å². The minimum atomic E-state index is 0.00936. The van der Waals surface area contributed by atoms with Crippen molar-refractivity contribution in [2.45, 2.75) is 19.5 Å².